The van der Waals surface area contributed by atoms with Gasteiger partial charge in [-0.1, -0.05) is 22.9 Å². The normalized spacial score (nSPS) is 18.0. The van der Waals surface area contributed by atoms with Crippen LogP contribution in [0, 0.1) is 12.8 Å². The molecular formula is C16H21N3O2. The fourth-order valence-electron chi connectivity index (χ4n) is 2.46. The van der Waals surface area contributed by atoms with Gasteiger partial charge in [-0.05, 0) is 31.4 Å². The van der Waals surface area contributed by atoms with E-state index in [4.69, 9.17) is 9.26 Å². The van der Waals surface area contributed by atoms with E-state index < -0.39 is 0 Å². The highest BCUT2D eigenvalue weighted by atomic mass is 16.5. The molecule has 0 spiro atoms. The Hall–Kier alpha value is -1.88. The third kappa shape index (κ3) is 4.04. The van der Waals surface area contributed by atoms with Crippen LogP contribution < -0.4 is 5.32 Å². The van der Waals surface area contributed by atoms with Crippen LogP contribution in [0.15, 0.2) is 28.8 Å². The minimum absolute atomic E-state index is 0.543. The first-order chi connectivity index (χ1) is 10.3. The second kappa shape index (κ2) is 6.72. The van der Waals surface area contributed by atoms with Crippen molar-refractivity contribution in [1.82, 2.24) is 10.1 Å². The third-order valence-electron chi connectivity index (χ3n) is 3.72. The summed E-state index contributed by atoms with van der Waals surface area (Å²) in [4.78, 5) is 4.45. The molecule has 0 radical (unpaired) electrons. The zero-order valence-electron chi connectivity index (χ0n) is 12.3. The number of nitrogens with one attached hydrogen (secondary N) is 1. The molecule has 1 unspecified atom stereocenters. The smallest absolute Gasteiger partial charge is 0.228 e. The minimum atomic E-state index is 0.543. The van der Waals surface area contributed by atoms with Crippen molar-refractivity contribution in [1.29, 1.82) is 0 Å². The summed E-state index contributed by atoms with van der Waals surface area (Å²) in [5, 5.41) is 7.40. The van der Waals surface area contributed by atoms with E-state index in [1.54, 1.807) is 0 Å². The number of hydrogen-bond acceptors (Lipinski definition) is 5. The van der Waals surface area contributed by atoms with Crippen LogP contribution in [-0.2, 0) is 17.6 Å². The topological polar surface area (TPSA) is 60.2 Å². The molecule has 1 saturated heterocycles. The molecule has 5 heteroatoms. The first-order valence-electron chi connectivity index (χ1n) is 7.49. The van der Waals surface area contributed by atoms with Crippen molar-refractivity contribution in [3.8, 4) is 0 Å². The number of aryl methyl sites for hydroxylation is 1. The highest BCUT2D eigenvalue weighted by Crippen LogP contribution is 2.16. The van der Waals surface area contributed by atoms with Gasteiger partial charge in [0.15, 0.2) is 5.82 Å². The van der Waals surface area contributed by atoms with E-state index in [0.29, 0.717) is 11.8 Å². The highest BCUT2D eigenvalue weighted by molar-refractivity contribution is 5.44. The third-order valence-corrected chi connectivity index (χ3v) is 3.72. The maximum Gasteiger partial charge on any atom is 0.228 e. The quantitative estimate of drug-likeness (QED) is 0.885. The lowest BCUT2D eigenvalue weighted by molar-refractivity contribution is 0.185. The van der Waals surface area contributed by atoms with Gasteiger partial charge >= 0.3 is 0 Å². The van der Waals surface area contributed by atoms with Gasteiger partial charge in [0.1, 0.15) is 0 Å². The van der Waals surface area contributed by atoms with E-state index in [1.807, 2.05) is 0 Å². The maximum atomic E-state index is 5.36. The SMILES string of the molecule is Cc1ccc(NCCc2nc(CC3CCOC3)no2)cc1. The average molecular weight is 287 g/mol. The predicted octanol–water partition coefficient (Wildman–Crippen LogP) is 2.61. The van der Waals surface area contributed by atoms with Gasteiger partial charge in [-0.2, -0.15) is 4.98 Å². The summed E-state index contributed by atoms with van der Waals surface area (Å²) in [5.74, 6) is 2.04. The molecular weight excluding hydrogens is 266 g/mol. The molecule has 3 rings (SSSR count). The van der Waals surface area contributed by atoms with Crippen molar-refractivity contribution in [3.63, 3.8) is 0 Å². The van der Waals surface area contributed by atoms with Crippen LogP contribution in [0.3, 0.4) is 0 Å². The van der Waals surface area contributed by atoms with Gasteiger partial charge in [0.05, 0.1) is 0 Å². The number of anilines is 1. The molecule has 0 bridgehead atoms. The van der Waals surface area contributed by atoms with Gasteiger partial charge < -0.3 is 14.6 Å². The molecule has 0 amide bonds. The molecule has 21 heavy (non-hydrogen) atoms. The summed E-state index contributed by atoms with van der Waals surface area (Å²) in [6.07, 6.45) is 2.69. The molecule has 1 N–H and O–H groups in total. The van der Waals surface area contributed by atoms with Crippen molar-refractivity contribution in [2.75, 3.05) is 25.1 Å². The molecule has 2 heterocycles. The van der Waals surface area contributed by atoms with E-state index in [-0.39, 0.29) is 0 Å². The Labute approximate surface area is 124 Å². The van der Waals surface area contributed by atoms with E-state index in [9.17, 15) is 0 Å². The van der Waals surface area contributed by atoms with Gasteiger partial charge in [0.25, 0.3) is 0 Å². The molecule has 1 fully saturated rings. The number of hydrogen-bond donors (Lipinski definition) is 1. The standard InChI is InChI=1S/C16H21N3O2/c1-12-2-4-14(5-3-12)17-8-6-16-18-15(19-21-16)10-13-7-9-20-11-13/h2-5,13,17H,6-11H2,1H3. The van der Waals surface area contributed by atoms with E-state index >= 15 is 0 Å². The Balaban J connectivity index is 1.45. The maximum absolute atomic E-state index is 5.36. The van der Waals surface area contributed by atoms with Crippen LogP contribution in [-0.4, -0.2) is 29.9 Å². The van der Waals surface area contributed by atoms with Gasteiger partial charge in [-0.3, -0.25) is 0 Å². The second-order valence-electron chi connectivity index (χ2n) is 5.58. The second-order valence-corrected chi connectivity index (χ2v) is 5.58. The molecule has 2 aromatic rings. The lowest BCUT2D eigenvalue weighted by atomic mass is 10.1. The summed E-state index contributed by atoms with van der Waals surface area (Å²) in [6.45, 7) is 4.55. The molecule has 0 saturated carbocycles. The Morgan fingerprint density at radius 3 is 2.90 bits per heavy atom. The summed E-state index contributed by atoms with van der Waals surface area (Å²) in [5.41, 5.74) is 2.38. The summed E-state index contributed by atoms with van der Waals surface area (Å²) in [6, 6.07) is 8.34. The summed E-state index contributed by atoms with van der Waals surface area (Å²) < 4.78 is 10.7. The fourth-order valence-corrected chi connectivity index (χ4v) is 2.46. The van der Waals surface area contributed by atoms with Crippen LogP contribution in [0.4, 0.5) is 5.69 Å². The molecule has 1 aliphatic heterocycles. The number of ether oxygens (including phenoxy) is 1. The zero-order valence-corrected chi connectivity index (χ0v) is 12.3. The Bertz CT molecular complexity index is 559. The van der Waals surface area contributed by atoms with Crippen molar-refractivity contribution in [3.05, 3.63) is 41.5 Å². The fraction of sp³-hybridized carbons (Fsp3) is 0.500. The Morgan fingerprint density at radius 2 is 2.14 bits per heavy atom. The largest absolute Gasteiger partial charge is 0.385 e. The molecule has 1 aliphatic rings. The first-order valence-corrected chi connectivity index (χ1v) is 7.49. The van der Waals surface area contributed by atoms with Gasteiger partial charge in [-0.15, -0.1) is 0 Å². The van der Waals surface area contributed by atoms with Gasteiger partial charge in [0.2, 0.25) is 5.89 Å². The van der Waals surface area contributed by atoms with Crippen molar-refractivity contribution >= 4 is 5.69 Å². The van der Waals surface area contributed by atoms with Crippen LogP contribution in [0.1, 0.15) is 23.7 Å². The summed E-state index contributed by atoms with van der Waals surface area (Å²) >= 11 is 0. The van der Waals surface area contributed by atoms with Crippen LogP contribution in [0.25, 0.3) is 0 Å². The molecule has 1 aromatic carbocycles. The van der Waals surface area contributed by atoms with Crippen molar-refractivity contribution < 1.29 is 9.26 Å². The Morgan fingerprint density at radius 1 is 1.29 bits per heavy atom. The van der Waals surface area contributed by atoms with E-state index in [1.165, 1.54) is 5.56 Å². The zero-order chi connectivity index (χ0) is 14.5. The van der Waals surface area contributed by atoms with Crippen LogP contribution in [0.2, 0.25) is 0 Å². The van der Waals surface area contributed by atoms with Crippen molar-refractivity contribution in [2.45, 2.75) is 26.2 Å². The van der Waals surface area contributed by atoms with Gasteiger partial charge in [-0.25, -0.2) is 0 Å². The summed E-state index contributed by atoms with van der Waals surface area (Å²) in [7, 11) is 0. The number of rotatable bonds is 6. The molecule has 1 aromatic heterocycles. The van der Waals surface area contributed by atoms with E-state index in [0.717, 1.165) is 50.5 Å². The lowest BCUT2D eigenvalue weighted by Crippen LogP contribution is -2.06. The van der Waals surface area contributed by atoms with Crippen LogP contribution in [0.5, 0.6) is 0 Å². The highest BCUT2D eigenvalue weighted by Gasteiger charge is 2.18. The van der Waals surface area contributed by atoms with E-state index in [2.05, 4.69) is 46.6 Å². The number of aromatic nitrogens is 2. The monoisotopic (exact) mass is 287 g/mol. The number of nitrogens with zero attached hydrogens (tertiary/aromatic N) is 2. The molecule has 1 atom stereocenters. The average Bonchev–Trinajstić information content (AvgIpc) is 3.14. The Kier molecular flexibility index (Phi) is 4.50. The van der Waals surface area contributed by atoms with Crippen molar-refractivity contribution in [2.24, 2.45) is 5.92 Å². The molecule has 5 nitrogen and oxygen atoms in total. The first kappa shape index (κ1) is 14.1. The number of benzene rings is 1. The predicted molar refractivity (Wildman–Crippen MR) is 80.3 cm³/mol. The molecule has 112 valence electrons. The lowest BCUT2D eigenvalue weighted by Gasteiger charge is -2.04. The minimum Gasteiger partial charge on any atom is -0.385 e. The van der Waals surface area contributed by atoms with Gasteiger partial charge in [0, 0.05) is 38.3 Å². The molecule has 0 aliphatic carbocycles. The van der Waals surface area contributed by atoms with Crippen LogP contribution >= 0.6 is 0 Å².